The van der Waals surface area contributed by atoms with Crippen LogP contribution in [0, 0.1) is 0 Å². The second-order valence-electron chi connectivity index (χ2n) is 5.98. The lowest BCUT2D eigenvalue weighted by Gasteiger charge is -2.32. The monoisotopic (exact) mass is 322 g/mol. The summed E-state index contributed by atoms with van der Waals surface area (Å²) in [5.41, 5.74) is 0.964. The minimum absolute atomic E-state index is 0.253. The molecule has 0 saturated carbocycles. The van der Waals surface area contributed by atoms with E-state index in [-0.39, 0.29) is 11.8 Å². The second-order valence-corrected chi connectivity index (χ2v) is 5.98. The molecule has 0 saturated heterocycles. The summed E-state index contributed by atoms with van der Waals surface area (Å²) in [7, 11) is 0. The Balaban J connectivity index is 1.78. The predicted molar refractivity (Wildman–Crippen MR) is 93.9 cm³/mol. The van der Waals surface area contributed by atoms with Gasteiger partial charge in [-0.1, -0.05) is 36.4 Å². The number of anilines is 2. The first-order valence-electron chi connectivity index (χ1n) is 7.63. The van der Waals surface area contributed by atoms with Gasteiger partial charge in [-0.3, -0.25) is 9.59 Å². The molecule has 0 atom stereocenters. The molecule has 24 heavy (non-hydrogen) atoms. The fraction of sp³-hybridized carbons (Fsp3) is 0.158. The van der Waals surface area contributed by atoms with Gasteiger partial charge in [0.05, 0.1) is 5.69 Å². The van der Waals surface area contributed by atoms with E-state index >= 15 is 0 Å². The number of hydrogen-bond acceptors (Lipinski definition) is 3. The van der Waals surface area contributed by atoms with Crippen LogP contribution in [-0.4, -0.2) is 17.4 Å². The Labute approximate surface area is 140 Å². The molecular weight excluding hydrogens is 304 g/mol. The van der Waals surface area contributed by atoms with Crippen LogP contribution in [0.5, 0.6) is 5.75 Å². The van der Waals surface area contributed by atoms with Crippen molar-refractivity contribution >= 4 is 29.3 Å². The van der Waals surface area contributed by atoms with Crippen molar-refractivity contribution in [3.8, 4) is 5.75 Å². The van der Waals surface area contributed by atoms with E-state index in [9.17, 15) is 9.59 Å². The summed E-state index contributed by atoms with van der Waals surface area (Å²) >= 11 is 0. The zero-order chi connectivity index (χ0) is 17.2. The van der Waals surface area contributed by atoms with Crippen molar-refractivity contribution in [2.24, 2.45) is 0 Å². The Morgan fingerprint density at radius 3 is 2.62 bits per heavy atom. The van der Waals surface area contributed by atoms with E-state index in [1.165, 1.54) is 6.08 Å². The van der Waals surface area contributed by atoms with Gasteiger partial charge < -0.3 is 15.4 Å². The van der Waals surface area contributed by atoms with Gasteiger partial charge in [0.25, 0.3) is 5.91 Å². The zero-order valence-electron chi connectivity index (χ0n) is 13.5. The maximum Gasteiger partial charge on any atom is 0.268 e. The minimum Gasteiger partial charge on any atom is -0.476 e. The molecule has 0 fully saturated rings. The molecule has 3 rings (SSSR count). The summed E-state index contributed by atoms with van der Waals surface area (Å²) in [6.45, 7) is 3.39. The number of hydrogen-bond donors (Lipinski definition) is 2. The lowest BCUT2D eigenvalue weighted by Crippen LogP contribution is -2.45. The largest absolute Gasteiger partial charge is 0.476 e. The highest BCUT2D eigenvalue weighted by Gasteiger charge is 2.36. The smallest absolute Gasteiger partial charge is 0.268 e. The molecule has 5 heteroatoms. The number of nitrogens with one attached hydrogen (secondary N) is 2. The van der Waals surface area contributed by atoms with E-state index in [1.54, 1.807) is 38.1 Å². The summed E-state index contributed by atoms with van der Waals surface area (Å²) in [6.07, 6.45) is 3.17. The van der Waals surface area contributed by atoms with Crippen molar-refractivity contribution < 1.29 is 14.3 Å². The average Bonchev–Trinajstić information content (AvgIpc) is 2.55. The standard InChI is InChI=1S/C19H18N2O3/c1-19(2)18(23)21-17-14(9-6-10-15(17)24-19)20-16(22)12-11-13-7-4-3-5-8-13/h3-12H,1-2H3,(H,20,22)(H,21,23)/b12-11+. The van der Waals surface area contributed by atoms with Crippen molar-refractivity contribution in [2.45, 2.75) is 19.4 Å². The van der Waals surface area contributed by atoms with Crippen molar-refractivity contribution in [1.29, 1.82) is 0 Å². The topological polar surface area (TPSA) is 67.4 Å². The van der Waals surface area contributed by atoms with Crippen LogP contribution in [0.2, 0.25) is 0 Å². The number of carbonyl (C=O) groups is 2. The minimum atomic E-state index is -0.942. The first-order chi connectivity index (χ1) is 11.5. The highest BCUT2D eigenvalue weighted by molar-refractivity contribution is 6.08. The van der Waals surface area contributed by atoms with Gasteiger partial charge in [-0.05, 0) is 37.6 Å². The third-order valence-electron chi connectivity index (χ3n) is 3.66. The van der Waals surface area contributed by atoms with Crippen LogP contribution in [0.4, 0.5) is 11.4 Å². The van der Waals surface area contributed by atoms with Gasteiger partial charge in [0, 0.05) is 6.08 Å². The third-order valence-corrected chi connectivity index (χ3v) is 3.66. The maximum absolute atomic E-state index is 12.1. The normalized spacial score (nSPS) is 15.3. The SMILES string of the molecule is CC1(C)Oc2cccc(NC(=O)/C=C/c3ccccc3)c2NC1=O. The van der Waals surface area contributed by atoms with E-state index in [4.69, 9.17) is 4.74 Å². The number of ether oxygens (including phenoxy) is 1. The van der Waals surface area contributed by atoms with Gasteiger partial charge in [0.1, 0.15) is 11.4 Å². The molecule has 1 heterocycles. The molecule has 5 nitrogen and oxygen atoms in total. The predicted octanol–water partition coefficient (Wildman–Crippen LogP) is 3.45. The highest BCUT2D eigenvalue weighted by Crippen LogP contribution is 2.38. The van der Waals surface area contributed by atoms with Crippen molar-refractivity contribution in [1.82, 2.24) is 0 Å². The molecule has 1 aliphatic heterocycles. The lowest BCUT2D eigenvalue weighted by molar-refractivity contribution is -0.129. The van der Waals surface area contributed by atoms with Crippen LogP contribution >= 0.6 is 0 Å². The van der Waals surface area contributed by atoms with E-state index in [0.29, 0.717) is 17.1 Å². The molecule has 0 unspecified atom stereocenters. The molecule has 1 aliphatic rings. The van der Waals surface area contributed by atoms with Crippen LogP contribution in [0.1, 0.15) is 19.4 Å². The van der Waals surface area contributed by atoms with Crippen molar-refractivity contribution in [3.63, 3.8) is 0 Å². The maximum atomic E-state index is 12.1. The van der Waals surface area contributed by atoms with E-state index in [2.05, 4.69) is 10.6 Å². The second kappa shape index (κ2) is 6.20. The third kappa shape index (κ3) is 3.30. The summed E-state index contributed by atoms with van der Waals surface area (Å²) in [5, 5.41) is 5.56. The number of benzene rings is 2. The van der Waals surface area contributed by atoms with Crippen LogP contribution in [0.25, 0.3) is 6.08 Å². The van der Waals surface area contributed by atoms with Gasteiger partial charge in [-0.2, -0.15) is 0 Å². The van der Waals surface area contributed by atoms with Crippen molar-refractivity contribution in [2.75, 3.05) is 10.6 Å². The molecule has 122 valence electrons. The van der Waals surface area contributed by atoms with Gasteiger partial charge in [0.2, 0.25) is 5.91 Å². The Bertz CT molecular complexity index is 811. The zero-order valence-corrected chi connectivity index (χ0v) is 13.5. The molecule has 2 N–H and O–H groups in total. The van der Waals surface area contributed by atoms with Gasteiger partial charge in [-0.15, -0.1) is 0 Å². The molecule has 2 aromatic rings. The summed E-state index contributed by atoms with van der Waals surface area (Å²) in [5.74, 6) is -0.00713. The Kier molecular flexibility index (Phi) is 4.08. The van der Waals surface area contributed by atoms with Crippen molar-refractivity contribution in [3.05, 3.63) is 60.2 Å². The van der Waals surface area contributed by atoms with Gasteiger partial charge in [0.15, 0.2) is 5.60 Å². The first-order valence-corrected chi connectivity index (χ1v) is 7.63. The quantitative estimate of drug-likeness (QED) is 0.851. The van der Waals surface area contributed by atoms with Crippen LogP contribution in [0.3, 0.4) is 0 Å². The van der Waals surface area contributed by atoms with Gasteiger partial charge in [-0.25, -0.2) is 0 Å². The number of carbonyl (C=O) groups excluding carboxylic acids is 2. The Morgan fingerprint density at radius 1 is 1.12 bits per heavy atom. The molecular formula is C19H18N2O3. The van der Waals surface area contributed by atoms with Crippen LogP contribution in [-0.2, 0) is 9.59 Å². The summed E-state index contributed by atoms with van der Waals surface area (Å²) in [4.78, 5) is 24.2. The fourth-order valence-electron chi connectivity index (χ4n) is 2.35. The van der Waals surface area contributed by atoms with E-state index < -0.39 is 5.60 Å². The first kappa shape index (κ1) is 15.8. The molecule has 0 aromatic heterocycles. The molecule has 0 aliphatic carbocycles. The van der Waals surface area contributed by atoms with Crippen LogP contribution in [0.15, 0.2) is 54.6 Å². The molecule has 2 aromatic carbocycles. The van der Waals surface area contributed by atoms with Crippen LogP contribution < -0.4 is 15.4 Å². The molecule has 0 radical (unpaired) electrons. The van der Waals surface area contributed by atoms with E-state index in [1.807, 2.05) is 30.3 Å². The summed E-state index contributed by atoms with van der Waals surface area (Å²) in [6, 6.07) is 14.8. The van der Waals surface area contributed by atoms with Gasteiger partial charge >= 0.3 is 0 Å². The number of rotatable bonds is 3. The fourth-order valence-corrected chi connectivity index (χ4v) is 2.35. The van der Waals surface area contributed by atoms with E-state index in [0.717, 1.165) is 5.56 Å². The number of para-hydroxylation sites is 1. The lowest BCUT2D eigenvalue weighted by atomic mass is 10.1. The Hall–Kier alpha value is -3.08. The Morgan fingerprint density at radius 2 is 1.88 bits per heavy atom. The number of fused-ring (bicyclic) bond motifs is 1. The molecule has 2 amide bonds. The number of amides is 2. The molecule has 0 spiro atoms. The molecule has 0 bridgehead atoms. The summed E-state index contributed by atoms with van der Waals surface area (Å²) < 4.78 is 5.70. The average molecular weight is 322 g/mol. The highest BCUT2D eigenvalue weighted by atomic mass is 16.5.